The normalized spacial score (nSPS) is 27.0. The molecule has 3 rings (SSSR count). The Labute approximate surface area is 198 Å². The van der Waals surface area contributed by atoms with Gasteiger partial charge in [-0.05, 0) is 53.4 Å². The van der Waals surface area contributed by atoms with Crippen LogP contribution in [-0.2, 0) is 9.47 Å². The molecular weight excluding hydrogens is 497 g/mol. The molecule has 3 aliphatic heterocycles. The number of carbonyl (C=O) groups is 1. The first-order valence-corrected chi connectivity index (χ1v) is 11.2. The molecule has 0 aromatic heterocycles. The van der Waals surface area contributed by atoms with E-state index < -0.39 is 5.60 Å². The van der Waals surface area contributed by atoms with Crippen molar-refractivity contribution in [3.05, 3.63) is 0 Å². The summed E-state index contributed by atoms with van der Waals surface area (Å²) in [5.74, 6) is 0.906. The zero-order valence-corrected chi connectivity index (χ0v) is 21.3. The van der Waals surface area contributed by atoms with Crippen LogP contribution in [0.4, 0.5) is 4.79 Å². The average Bonchev–Trinajstić information content (AvgIpc) is 3.27. The summed E-state index contributed by atoms with van der Waals surface area (Å²) >= 11 is 0. The fourth-order valence-corrected chi connectivity index (χ4v) is 4.25. The largest absolute Gasteiger partial charge is 0.444 e. The summed E-state index contributed by atoms with van der Waals surface area (Å²) < 4.78 is 11.4. The van der Waals surface area contributed by atoms with Crippen LogP contribution in [0, 0.1) is 0 Å². The maximum Gasteiger partial charge on any atom is 0.410 e. The van der Waals surface area contributed by atoms with Crippen molar-refractivity contribution in [3.63, 3.8) is 0 Å². The molecule has 2 N–H and O–H groups in total. The molecule has 0 saturated carbocycles. The van der Waals surface area contributed by atoms with Gasteiger partial charge in [0.25, 0.3) is 0 Å². The van der Waals surface area contributed by atoms with Crippen molar-refractivity contribution < 1.29 is 14.3 Å². The van der Waals surface area contributed by atoms with E-state index in [2.05, 4.69) is 22.5 Å². The maximum atomic E-state index is 12.2. The van der Waals surface area contributed by atoms with Gasteiger partial charge < -0.3 is 25.0 Å². The Bertz CT molecular complexity index is 575. The number of fused-ring (bicyclic) bond motifs is 2. The van der Waals surface area contributed by atoms with E-state index in [1.54, 1.807) is 0 Å². The van der Waals surface area contributed by atoms with Crippen LogP contribution in [0.3, 0.4) is 0 Å². The smallest absolute Gasteiger partial charge is 0.410 e. The lowest BCUT2D eigenvalue weighted by Crippen LogP contribution is -2.50. The van der Waals surface area contributed by atoms with E-state index in [9.17, 15) is 4.79 Å². The number of guanidine groups is 1. The molecule has 30 heavy (non-hydrogen) atoms. The highest BCUT2D eigenvalue weighted by atomic mass is 127. The van der Waals surface area contributed by atoms with Gasteiger partial charge >= 0.3 is 6.09 Å². The van der Waals surface area contributed by atoms with Crippen LogP contribution in [0.25, 0.3) is 0 Å². The van der Waals surface area contributed by atoms with E-state index in [-0.39, 0.29) is 30.1 Å². The molecule has 3 aliphatic rings. The van der Waals surface area contributed by atoms with Gasteiger partial charge in [0.2, 0.25) is 0 Å². The topological polar surface area (TPSA) is 78.4 Å². The molecule has 3 atom stereocenters. The lowest BCUT2D eigenvalue weighted by atomic mass is 9.96. The van der Waals surface area contributed by atoms with Crippen molar-refractivity contribution in [1.29, 1.82) is 0 Å². The second-order valence-electron chi connectivity index (χ2n) is 9.28. The van der Waals surface area contributed by atoms with Crippen molar-refractivity contribution in [2.75, 3.05) is 45.8 Å². The Morgan fingerprint density at radius 3 is 2.50 bits per heavy atom. The molecule has 0 aromatic carbocycles. The standard InChI is InChI=1S/C21H39N5O3.HI/c1-5-22-19(24-17-15-16-7-8-18(17)28-16)23-9-6-10-25-11-13-26(14-12-25)20(27)29-21(2,3)4;/h16-18H,5-15H2,1-4H3,(H2,22,23,24);1H. The SMILES string of the molecule is CCNC(=NCCCN1CCN(C(=O)OC(C)(C)C)CC1)NC1CC2CCC1O2.I. The molecule has 0 aliphatic carbocycles. The Kier molecular flexibility index (Phi) is 9.93. The first-order chi connectivity index (χ1) is 13.8. The number of amides is 1. The highest BCUT2D eigenvalue weighted by Gasteiger charge is 2.41. The lowest BCUT2D eigenvalue weighted by Gasteiger charge is -2.35. The number of piperazine rings is 1. The van der Waals surface area contributed by atoms with Crippen LogP contribution in [0.1, 0.15) is 53.4 Å². The van der Waals surface area contributed by atoms with Gasteiger partial charge in [-0.3, -0.25) is 9.89 Å². The second kappa shape index (κ2) is 11.7. The van der Waals surface area contributed by atoms with Crippen molar-refractivity contribution in [1.82, 2.24) is 20.4 Å². The average molecular weight is 537 g/mol. The number of halogens is 1. The van der Waals surface area contributed by atoms with Crippen LogP contribution in [0.5, 0.6) is 0 Å². The summed E-state index contributed by atoms with van der Waals surface area (Å²) in [6.45, 7) is 13.7. The zero-order valence-electron chi connectivity index (χ0n) is 19.0. The maximum absolute atomic E-state index is 12.2. The molecule has 9 heteroatoms. The Hall–Kier alpha value is -0.810. The number of nitrogens with one attached hydrogen (secondary N) is 2. The van der Waals surface area contributed by atoms with Crippen molar-refractivity contribution in [2.45, 2.75) is 77.2 Å². The number of nitrogens with zero attached hydrogens (tertiary/aromatic N) is 3. The van der Waals surface area contributed by atoms with Gasteiger partial charge in [-0.15, -0.1) is 24.0 Å². The molecular formula is C21H40IN5O3. The molecule has 8 nitrogen and oxygen atoms in total. The molecule has 3 saturated heterocycles. The van der Waals surface area contributed by atoms with E-state index in [1.165, 1.54) is 6.42 Å². The third-order valence-corrected chi connectivity index (χ3v) is 5.70. The van der Waals surface area contributed by atoms with Crippen molar-refractivity contribution in [2.24, 2.45) is 4.99 Å². The predicted octanol–water partition coefficient (Wildman–Crippen LogP) is 2.42. The van der Waals surface area contributed by atoms with Crippen molar-refractivity contribution >= 4 is 36.0 Å². The lowest BCUT2D eigenvalue weighted by molar-refractivity contribution is 0.0145. The second-order valence-corrected chi connectivity index (χ2v) is 9.28. The number of aliphatic imine (C=N–C) groups is 1. The first-order valence-electron chi connectivity index (χ1n) is 11.2. The minimum Gasteiger partial charge on any atom is -0.444 e. The number of rotatable bonds is 6. The van der Waals surface area contributed by atoms with E-state index in [4.69, 9.17) is 14.5 Å². The number of ether oxygens (including phenoxy) is 2. The molecule has 3 unspecified atom stereocenters. The summed E-state index contributed by atoms with van der Waals surface area (Å²) in [6.07, 6.45) is 5.07. The van der Waals surface area contributed by atoms with Gasteiger partial charge in [-0.25, -0.2) is 4.79 Å². The van der Waals surface area contributed by atoms with E-state index in [0.29, 0.717) is 18.2 Å². The number of carbonyl (C=O) groups excluding carboxylic acids is 1. The minimum absolute atomic E-state index is 0. The highest BCUT2D eigenvalue weighted by molar-refractivity contribution is 14.0. The highest BCUT2D eigenvalue weighted by Crippen LogP contribution is 2.34. The summed E-state index contributed by atoms with van der Waals surface area (Å²) in [5, 5.41) is 6.92. The quantitative estimate of drug-likeness (QED) is 0.235. The Morgan fingerprint density at radius 2 is 1.93 bits per heavy atom. The van der Waals surface area contributed by atoms with Gasteiger partial charge in [-0.2, -0.15) is 0 Å². The molecule has 0 radical (unpaired) electrons. The van der Waals surface area contributed by atoms with Crippen LogP contribution < -0.4 is 10.6 Å². The molecule has 3 fully saturated rings. The predicted molar refractivity (Wildman–Crippen MR) is 130 cm³/mol. The first kappa shape index (κ1) is 25.5. The third-order valence-electron chi connectivity index (χ3n) is 5.70. The monoisotopic (exact) mass is 537 g/mol. The van der Waals surface area contributed by atoms with E-state index >= 15 is 0 Å². The van der Waals surface area contributed by atoms with Crippen LogP contribution in [0.15, 0.2) is 4.99 Å². The van der Waals surface area contributed by atoms with Gasteiger partial charge in [0, 0.05) is 45.8 Å². The van der Waals surface area contributed by atoms with Gasteiger partial charge in [0.05, 0.1) is 18.2 Å². The fraction of sp³-hybridized carbons (Fsp3) is 0.905. The summed E-state index contributed by atoms with van der Waals surface area (Å²) in [7, 11) is 0. The molecule has 2 bridgehead atoms. The fourth-order valence-electron chi connectivity index (χ4n) is 4.25. The van der Waals surface area contributed by atoms with Crippen LogP contribution in [-0.4, -0.2) is 91.5 Å². The molecule has 0 spiro atoms. The molecule has 1 amide bonds. The minimum atomic E-state index is -0.436. The van der Waals surface area contributed by atoms with Crippen molar-refractivity contribution in [3.8, 4) is 0 Å². The van der Waals surface area contributed by atoms with E-state index in [0.717, 1.165) is 71.0 Å². The molecule has 0 aromatic rings. The summed E-state index contributed by atoms with van der Waals surface area (Å²) in [6, 6.07) is 0.396. The zero-order chi connectivity index (χ0) is 20.9. The van der Waals surface area contributed by atoms with Gasteiger partial charge in [0.1, 0.15) is 5.60 Å². The van der Waals surface area contributed by atoms with E-state index in [1.807, 2.05) is 25.7 Å². The Balaban J connectivity index is 0.00000320. The van der Waals surface area contributed by atoms with Crippen LogP contribution >= 0.6 is 24.0 Å². The third kappa shape index (κ3) is 7.71. The van der Waals surface area contributed by atoms with Crippen LogP contribution in [0.2, 0.25) is 0 Å². The van der Waals surface area contributed by atoms with Gasteiger partial charge in [-0.1, -0.05) is 0 Å². The summed E-state index contributed by atoms with van der Waals surface area (Å²) in [5.41, 5.74) is -0.436. The van der Waals surface area contributed by atoms with Gasteiger partial charge in [0.15, 0.2) is 5.96 Å². The molecule has 174 valence electrons. The Morgan fingerprint density at radius 1 is 1.20 bits per heavy atom. The number of hydrogen-bond donors (Lipinski definition) is 2. The summed E-state index contributed by atoms with van der Waals surface area (Å²) in [4.78, 5) is 21.1. The number of hydrogen-bond acceptors (Lipinski definition) is 5. The molecule has 3 heterocycles.